The fourth-order valence-corrected chi connectivity index (χ4v) is 5.38. The lowest BCUT2D eigenvalue weighted by atomic mass is 9.72. The van der Waals surface area contributed by atoms with Gasteiger partial charge in [-0.25, -0.2) is 4.39 Å². The molecular weight excluding hydrogens is 431 g/mol. The summed E-state index contributed by atoms with van der Waals surface area (Å²) in [6, 6.07) is 11.8. The fourth-order valence-electron chi connectivity index (χ4n) is 4.26. The summed E-state index contributed by atoms with van der Waals surface area (Å²) in [5.74, 6) is -1.28. The summed E-state index contributed by atoms with van der Waals surface area (Å²) in [5, 5.41) is 5.70. The molecule has 1 fully saturated rings. The third kappa shape index (κ3) is 3.80. The van der Waals surface area contributed by atoms with Crippen molar-refractivity contribution in [3.05, 3.63) is 64.3 Å². The van der Waals surface area contributed by atoms with Crippen LogP contribution in [-0.4, -0.2) is 24.8 Å². The lowest BCUT2D eigenvalue weighted by Gasteiger charge is -2.35. The molecule has 0 bridgehead atoms. The number of benzene rings is 2. The fraction of sp³-hybridized carbons (Fsp3) is 0.292. The van der Waals surface area contributed by atoms with E-state index in [0.29, 0.717) is 45.5 Å². The van der Waals surface area contributed by atoms with Crippen molar-refractivity contribution in [3.8, 4) is 0 Å². The van der Waals surface area contributed by atoms with E-state index in [1.54, 1.807) is 36.4 Å². The summed E-state index contributed by atoms with van der Waals surface area (Å²) in [6.45, 7) is 2.04. The Morgan fingerprint density at radius 3 is 2.62 bits per heavy atom. The molecule has 2 aromatic carbocycles. The van der Waals surface area contributed by atoms with Crippen molar-refractivity contribution in [3.63, 3.8) is 0 Å². The van der Waals surface area contributed by atoms with E-state index in [1.807, 2.05) is 6.92 Å². The maximum absolute atomic E-state index is 14.4. The lowest BCUT2D eigenvalue weighted by Crippen LogP contribution is -2.51. The van der Waals surface area contributed by atoms with Gasteiger partial charge in [0.15, 0.2) is 0 Å². The number of imide groups is 1. The third-order valence-corrected chi connectivity index (χ3v) is 7.22. The van der Waals surface area contributed by atoms with E-state index in [0.717, 1.165) is 5.56 Å². The molecule has 3 amide bonds. The third-order valence-electron chi connectivity index (χ3n) is 6.02. The van der Waals surface area contributed by atoms with E-state index < -0.39 is 5.41 Å². The standard InChI is InChI=1S/C24H23FN2O4S/c1-3-24(12-11-19(28)27-23(24)30)14-7-9-15(10-8-14)26-22(29)21-16(13-31-2)20-17(25)5-4-6-18(20)32-21/h4-10H,3,11-13H2,1-2H3,(H,26,29)(H,27,28,30). The zero-order valence-electron chi connectivity index (χ0n) is 17.8. The first-order valence-corrected chi connectivity index (χ1v) is 11.2. The first-order chi connectivity index (χ1) is 15.4. The second kappa shape index (κ2) is 8.80. The molecule has 6 nitrogen and oxygen atoms in total. The van der Waals surface area contributed by atoms with Gasteiger partial charge in [-0.3, -0.25) is 19.7 Å². The van der Waals surface area contributed by atoms with Crippen LogP contribution in [0.4, 0.5) is 10.1 Å². The van der Waals surface area contributed by atoms with Crippen molar-refractivity contribution in [2.45, 2.75) is 38.2 Å². The van der Waals surface area contributed by atoms with Crippen molar-refractivity contribution in [1.29, 1.82) is 0 Å². The molecule has 1 atom stereocenters. The number of hydrogen-bond donors (Lipinski definition) is 2. The Kier molecular flexibility index (Phi) is 6.08. The number of rotatable bonds is 6. The Labute approximate surface area is 188 Å². The molecule has 0 radical (unpaired) electrons. The summed E-state index contributed by atoms with van der Waals surface area (Å²) in [7, 11) is 1.50. The summed E-state index contributed by atoms with van der Waals surface area (Å²) in [6.07, 6.45) is 1.31. The lowest BCUT2D eigenvalue weighted by molar-refractivity contribution is -0.138. The first kappa shape index (κ1) is 22.1. The van der Waals surface area contributed by atoms with Gasteiger partial charge < -0.3 is 10.1 Å². The molecule has 8 heteroatoms. The highest BCUT2D eigenvalue weighted by Gasteiger charge is 2.42. The van der Waals surface area contributed by atoms with Crippen molar-refractivity contribution in [2.24, 2.45) is 0 Å². The van der Waals surface area contributed by atoms with Gasteiger partial charge in [-0.05, 0) is 42.7 Å². The minimum absolute atomic E-state index is 0.121. The second-order valence-electron chi connectivity index (χ2n) is 7.80. The number of carbonyl (C=O) groups is 3. The smallest absolute Gasteiger partial charge is 0.266 e. The predicted molar refractivity (Wildman–Crippen MR) is 121 cm³/mol. The van der Waals surface area contributed by atoms with Gasteiger partial charge >= 0.3 is 0 Å². The van der Waals surface area contributed by atoms with Gasteiger partial charge in [-0.2, -0.15) is 0 Å². The molecule has 1 unspecified atom stereocenters. The van der Waals surface area contributed by atoms with E-state index >= 15 is 0 Å². The van der Waals surface area contributed by atoms with Crippen LogP contribution in [0.25, 0.3) is 10.1 Å². The number of carbonyl (C=O) groups excluding carboxylic acids is 3. The van der Waals surface area contributed by atoms with Crippen molar-refractivity contribution >= 4 is 44.8 Å². The monoisotopic (exact) mass is 454 g/mol. The average molecular weight is 455 g/mol. The van der Waals surface area contributed by atoms with Gasteiger partial charge in [0.1, 0.15) is 5.82 Å². The molecule has 0 spiro atoms. The second-order valence-corrected chi connectivity index (χ2v) is 8.85. The summed E-state index contributed by atoms with van der Waals surface area (Å²) < 4.78 is 20.3. The Balaban J connectivity index is 1.60. The Hall–Kier alpha value is -3.10. The van der Waals surface area contributed by atoms with E-state index in [4.69, 9.17) is 4.74 Å². The van der Waals surface area contributed by atoms with Crippen molar-refractivity contribution in [1.82, 2.24) is 5.32 Å². The molecule has 1 saturated heterocycles. The van der Waals surface area contributed by atoms with Crippen LogP contribution in [0.2, 0.25) is 0 Å². The molecule has 0 saturated carbocycles. The minimum Gasteiger partial charge on any atom is -0.380 e. The number of nitrogens with one attached hydrogen (secondary N) is 2. The van der Waals surface area contributed by atoms with E-state index in [2.05, 4.69) is 10.6 Å². The maximum atomic E-state index is 14.4. The number of methoxy groups -OCH3 is 1. The minimum atomic E-state index is -0.759. The van der Waals surface area contributed by atoms with E-state index in [1.165, 1.54) is 24.5 Å². The largest absolute Gasteiger partial charge is 0.380 e. The number of thiophene rings is 1. The van der Waals surface area contributed by atoms with Crippen molar-refractivity contribution < 1.29 is 23.5 Å². The molecule has 1 aliphatic heterocycles. The quantitative estimate of drug-likeness (QED) is 0.536. The molecule has 1 aliphatic rings. The highest BCUT2D eigenvalue weighted by molar-refractivity contribution is 7.21. The van der Waals surface area contributed by atoms with E-state index in [-0.39, 0.29) is 30.1 Å². The van der Waals surface area contributed by atoms with Crippen LogP contribution in [0.1, 0.15) is 47.0 Å². The molecule has 4 rings (SSSR count). The van der Waals surface area contributed by atoms with Crippen LogP contribution in [-0.2, 0) is 26.3 Å². The number of halogens is 1. The highest BCUT2D eigenvalue weighted by Crippen LogP contribution is 2.37. The zero-order valence-corrected chi connectivity index (χ0v) is 18.6. The molecule has 1 aromatic heterocycles. The van der Waals surface area contributed by atoms with Crippen LogP contribution >= 0.6 is 11.3 Å². The SMILES string of the molecule is CCC1(c2ccc(NC(=O)c3sc4cccc(F)c4c3COC)cc2)CCC(=O)NC1=O. The van der Waals surface area contributed by atoms with Gasteiger partial charge in [0.2, 0.25) is 11.8 Å². The number of piperidine rings is 1. The summed E-state index contributed by atoms with van der Waals surface area (Å²) in [4.78, 5) is 37.5. The van der Waals surface area contributed by atoms with Crippen LogP contribution in [0.5, 0.6) is 0 Å². The number of hydrogen-bond acceptors (Lipinski definition) is 5. The van der Waals surface area contributed by atoms with Crippen LogP contribution in [0, 0.1) is 5.82 Å². The highest BCUT2D eigenvalue weighted by atomic mass is 32.1. The summed E-state index contributed by atoms with van der Waals surface area (Å²) >= 11 is 1.22. The Morgan fingerprint density at radius 1 is 1.22 bits per heavy atom. The molecule has 2 N–H and O–H groups in total. The molecule has 2 heterocycles. The van der Waals surface area contributed by atoms with Crippen molar-refractivity contribution in [2.75, 3.05) is 12.4 Å². The molecular formula is C24H23FN2O4S. The number of ether oxygens (including phenoxy) is 1. The van der Waals surface area contributed by atoms with Gasteiger partial charge in [0.25, 0.3) is 5.91 Å². The van der Waals surface area contributed by atoms with Gasteiger partial charge in [0.05, 0.1) is 16.9 Å². The number of anilines is 1. The zero-order chi connectivity index (χ0) is 22.9. The molecule has 32 heavy (non-hydrogen) atoms. The average Bonchev–Trinajstić information content (AvgIpc) is 3.15. The van der Waals surface area contributed by atoms with Gasteiger partial charge in [0, 0.05) is 34.9 Å². The molecule has 166 valence electrons. The Bertz CT molecular complexity index is 1200. The van der Waals surface area contributed by atoms with E-state index in [9.17, 15) is 18.8 Å². The van der Waals surface area contributed by atoms with Crippen LogP contribution in [0.15, 0.2) is 42.5 Å². The number of fused-ring (bicyclic) bond motifs is 1. The normalized spacial score (nSPS) is 18.6. The summed E-state index contributed by atoms with van der Waals surface area (Å²) in [5.41, 5.74) is 1.12. The predicted octanol–water partition coefficient (Wildman–Crippen LogP) is 4.52. The molecule has 3 aromatic rings. The topological polar surface area (TPSA) is 84.5 Å². The number of amides is 3. The van der Waals surface area contributed by atoms with Crippen LogP contribution < -0.4 is 10.6 Å². The maximum Gasteiger partial charge on any atom is 0.266 e. The molecule has 0 aliphatic carbocycles. The Morgan fingerprint density at radius 2 is 1.97 bits per heavy atom. The van der Waals surface area contributed by atoms with Gasteiger partial charge in [-0.1, -0.05) is 25.1 Å². The van der Waals surface area contributed by atoms with Gasteiger partial charge in [-0.15, -0.1) is 11.3 Å². The van der Waals surface area contributed by atoms with Crippen LogP contribution in [0.3, 0.4) is 0 Å². The first-order valence-electron chi connectivity index (χ1n) is 10.3.